The second kappa shape index (κ2) is 9.24. The van der Waals surface area contributed by atoms with Crippen LogP contribution in [0.2, 0.25) is 0 Å². The highest BCUT2D eigenvalue weighted by molar-refractivity contribution is 5.94. The quantitative estimate of drug-likeness (QED) is 0.419. The summed E-state index contributed by atoms with van der Waals surface area (Å²) in [5.74, 6) is 1.78. The Balaban J connectivity index is 1.20. The number of halogens is 1. The van der Waals surface area contributed by atoms with Gasteiger partial charge in [0.1, 0.15) is 5.82 Å². The number of aromatic nitrogens is 7. The molecule has 0 aliphatic carbocycles. The number of amides is 1. The summed E-state index contributed by atoms with van der Waals surface area (Å²) in [6, 6.07) is 6.76. The normalized spacial score (nSPS) is 19.2. The monoisotopic (exact) mass is 504 g/mol. The van der Waals surface area contributed by atoms with Gasteiger partial charge in [0.25, 0.3) is 5.91 Å². The zero-order valence-electron chi connectivity index (χ0n) is 20.3. The molecule has 37 heavy (non-hydrogen) atoms. The number of ether oxygens (including phenoxy) is 1. The molecule has 2 saturated heterocycles. The van der Waals surface area contributed by atoms with Gasteiger partial charge in [-0.1, -0.05) is 0 Å². The van der Waals surface area contributed by atoms with Gasteiger partial charge in [-0.15, -0.1) is 0 Å². The number of nitrogens with one attached hydrogen (secondary N) is 2. The summed E-state index contributed by atoms with van der Waals surface area (Å²) in [4.78, 5) is 31.2. The number of nitrogens with zero attached hydrogens (tertiary/aromatic N) is 8. The number of rotatable bonds is 5. The molecule has 4 aromatic rings. The predicted octanol–water partition coefficient (Wildman–Crippen LogP) is 2.01. The van der Waals surface area contributed by atoms with Crippen molar-refractivity contribution in [1.82, 2.24) is 39.8 Å². The Morgan fingerprint density at radius 1 is 1.11 bits per heavy atom. The largest absolute Gasteiger partial charge is 0.377 e. The molecule has 2 aliphatic heterocycles. The number of hydrogen-bond acceptors (Lipinski definition) is 9. The molecular weight excluding hydrogens is 479 g/mol. The molecular formula is C24H25FN10O2. The van der Waals surface area contributed by atoms with Crippen molar-refractivity contribution >= 4 is 23.5 Å². The van der Waals surface area contributed by atoms with Crippen LogP contribution in [0.15, 0.2) is 42.9 Å². The number of hydrogen-bond donors (Lipinski definition) is 2. The van der Waals surface area contributed by atoms with Crippen molar-refractivity contribution in [2.45, 2.75) is 25.9 Å². The van der Waals surface area contributed by atoms with E-state index < -0.39 is 5.82 Å². The van der Waals surface area contributed by atoms with Gasteiger partial charge in [0, 0.05) is 42.8 Å². The first-order valence-corrected chi connectivity index (χ1v) is 11.9. The van der Waals surface area contributed by atoms with Gasteiger partial charge >= 0.3 is 0 Å². The summed E-state index contributed by atoms with van der Waals surface area (Å²) in [6.07, 6.45) is 3.84. The Morgan fingerprint density at radius 3 is 2.57 bits per heavy atom. The van der Waals surface area contributed by atoms with Gasteiger partial charge in [0.2, 0.25) is 5.95 Å². The minimum Gasteiger partial charge on any atom is -0.377 e. The predicted molar refractivity (Wildman–Crippen MR) is 131 cm³/mol. The van der Waals surface area contributed by atoms with Crippen LogP contribution in [0, 0.1) is 19.7 Å². The summed E-state index contributed by atoms with van der Waals surface area (Å²) in [7, 11) is 0. The van der Waals surface area contributed by atoms with Crippen LogP contribution in [-0.2, 0) is 4.74 Å². The minimum absolute atomic E-state index is 0.120. The first-order chi connectivity index (χ1) is 17.9. The fraction of sp³-hybridized carbons (Fsp3) is 0.333. The number of pyridine rings is 1. The number of piperazine rings is 1. The van der Waals surface area contributed by atoms with Crippen molar-refractivity contribution in [2.24, 2.45) is 0 Å². The van der Waals surface area contributed by atoms with Crippen molar-refractivity contribution in [2.75, 3.05) is 36.5 Å². The molecule has 6 rings (SSSR count). The standard InChI is InChI=1S/C24H25FN10O2/c1-14-5-20(29-21-6-15(2)31-32-21)30-24(28-14)33-10-18-12-37-13-19(11-33)35(18)23(36)16-3-4-22(26-7-16)34-9-17(25)8-27-34/h3-9,18-19H,10-13H2,1-2H3,(H2,28,29,30,31,32). The number of morpholine rings is 1. The molecule has 4 aromatic heterocycles. The summed E-state index contributed by atoms with van der Waals surface area (Å²) >= 11 is 0. The number of carbonyl (C=O) groups is 1. The van der Waals surface area contributed by atoms with E-state index in [0.717, 1.165) is 17.6 Å². The minimum atomic E-state index is -0.454. The SMILES string of the molecule is Cc1cc(Nc2cc(C)[nH]n2)nc(N2CC3COCC(C2)N3C(=O)c2ccc(-n3cc(F)cn3)nc2)n1. The maximum absolute atomic E-state index is 13.5. The molecule has 2 atom stereocenters. The van der Waals surface area contributed by atoms with Gasteiger partial charge in [0.15, 0.2) is 17.5 Å². The lowest BCUT2D eigenvalue weighted by molar-refractivity contribution is -0.0431. The highest BCUT2D eigenvalue weighted by atomic mass is 19.1. The molecule has 1 amide bonds. The summed E-state index contributed by atoms with van der Waals surface area (Å²) in [6.45, 7) is 5.75. The Bertz CT molecular complexity index is 1420. The summed E-state index contributed by atoms with van der Waals surface area (Å²) in [5, 5.41) is 14.3. The van der Waals surface area contributed by atoms with Crippen LogP contribution in [0.3, 0.4) is 0 Å². The summed E-state index contributed by atoms with van der Waals surface area (Å²) < 4.78 is 20.4. The molecule has 0 radical (unpaired) electrons. The van der Waals surface area contributed by atoms with Gasteiger partial charge in [-0.05, 0) is 26.0 Å². The molecule has 0 aromatic carbocycles. The van der Waals surface area contributed by atoms with Gasteiger partial charge < -0.3 is 19.9 Å². The fourth-order valence-corrected chi connectivity index (χ4v) is 4.75. The maximum atomic E-state index is 13.5. The fourth-order valence-electron chi connectivity index (χ4n) is 4.75. The zero-order valence-corrected chi connectivity index (χ0v) is 20.3. The second-order valence-corrected chi connectivity index (χ2v) is 9.23. The van der Waals surface area contributed by atoms with E-state index in [1.165, 1.54) is 17.1 Å². The molecule has 12 nitrogen and oxygen atoms in total. The highest BCUT2D eigenvalue weighted by Crippen LogP contribution is 2.27. The van der Waals surface area contributed by atoms with Crippen LogP contribution in [0.5, 0.6) is 0 Å². The van der Waals surface area contributed by atoms with E-state index in [1.54, 1.807) is 12.1 Å². The van der Waals surface area contributed by atoms with Crippen LogP contribution in [0.4, 0.5) is 22.0 Å². The topological polar surface area (TPSA) is 130 Å². The van der Waals surface area contributed by atoms with E-state index in [2.05, 4.69) is 35.5 Å². The molecule has 190 valence electrons. The van der Waals surface area contributed by atoms with Gasteiger partial charge in [-0.25, -0.2) is 19.0 Å². The van der Waals surface area contributed by atoms with Gasteiger partial charge in [-0.3, -0.25) is 9.89 Å². The molecule has 6 heterocycles. The first kappa shape index (κ1) is 23.0. The Morgan fingerprint density at radius 2 is 1.92 bits per heavy atom. The van der Waals surface area contributed by atoms with Crippen molar-refractivity contribution in [3.05, 3.63) is 65.6 Å². The third kappa shape index (κ3) is 4.60. The van der Waals surface area contributed by atoms with Crippen LogP contribution < -0.4 is 10.2 Å². The smallest absolute Gasteiger partial charge is 0.256 e. The van der Waals surface area contributed by atoms with E-state index in [9.17, 15) is 9.18 Å². The second-order valence-electron chi connectivity index (χ2n) is 9.23. The van der Waals surface area contributed by atoms with Crippen LogP contribution in [0.1, 0.15) is 21.7 Å². The summed E-state index contributed by atoms with van der Waals surface area (Å²) in [5.41, 5.74) is 2.22. The lowest BCUT2D eigenvalue weighted by Crippen LogP contribution is -2.66. The average molecular weight is 505 g/mol. The average Bonchev–Trinajstić information content (AvgIpc) is 3.50. The molecule has 2 unspecified atom stereocenters. The van der Waals surface area contributed by atoms with Crippen LogP contribution in [-0.4, -0.2) is 84.1 Å². The lowest BCUT2D eigenvalue weighted by Gasteiger charge is -2.49. The van der Waals surface area contributed by atoms with Crippen LogP contribution >= 0.6 is 0 Å². The lowest BCUT2D eigenvalue weighted by atomic mass is 10.0. The molecule has 2 fully saturated rings. The third-order valence-electron chi connectivity index (χ3n) is 6.37. The molecule has 13 heteroatoms. The molecule has 2 N–H and O–H groups in total. The molecule has 0 spiro atoms. The van der Waals surface area contributed by atoms with Crippen LogP contribution in [0.25, 0.3) is 5.82 Å². The third-order valence-corrected chi connectivity index (χ3v) is 6.37. The Kier molecular flexibility index (Phi) is 5.75. The number of fused-ring (bicyclic) bond motifs is 2. The van der Waals surface area contributed by atoms with E-state index in [1.807, 2.05) is 30.9 Å². The maximum Gasteiger partial charge on any atom is 0.256 e. The van der Waals surface area contributed by atoms with Gasteiger partial charge in [-0.2, -0.15) is 15.2 Å². The Hall–Kier alpha value is -4.39. The number of carbonyl (C=O) groups excluding carboxylic acids is 1. The number of anilines is 3. The van der Waals surface area contributed by atoms with Crippen molar-refractivity contribution in [3.8, 4) is 5.82 Å². The van der Waals surface area contributed by atoms with E-state index in [-0.39, 0.29) is 18.0 Å². The highest BCUT2D eigenvalue weighted by Gasteiger charge is 2.42. The van der Waals surface area contributed by atoms with Crippen molar-refractivity contribution in [3.63, 3.8) is 0 Å². The molecule has 2 bridgehead atoms. The number of H-pyrrole nitrogens is 1. The van der Waals surface area contributed by atoms with E-state index >= 15 is 0 Å². The van der Waals surface area contributed by atoms with Crippen molar-refractivity contribution in [1.29, 1.82) is 0 Å². The molecule has 2 aliphatic rings. The van der Waals surface area contributed by atoms with E-state index in [0.29, 0.717) is 55.3 Å². The van der Waals surface area contributed by atoms with E-state index in [4.69, 9.17) is 9.72 Å². The Labute approximate surface area is 211 Å². The zero-order chi connectivity index (χ0) is 25.5. The number of aryl methyl sites for hydroxylation is 2. The van der Waals surface area contributed by atoms with Crippen molar-refractivity contribution < 1.29 is 13.9 Å². The first-order valence-electron chi connectivity index (χ1n) is 11.9. The number of aromatic amines is 1. The molecule has 0 saturated carbocycles. The van der Waals surface area contributed by atoms with Gasteiger partial charge in [0.05, 0.1) is 43.3 Å².